The van der Waals surface area contributed by atoms with Crippen molar-refractivity contribution in [2.75, 3.05) is 31.1 Å². The molecule has 4 aromatic heterocycles. The monoisotopic (exact) mass is 1300 g/mol. The molecule has 0 aliphatic rings. The number of pyridine rings is 2. The Hall–Kier alpha value is -9.08. The van der Waals surface area contributed by atoms with Crippen LogP contribution in [0, 0.1) is 0 Å². The van der Waals surface area contributed by atoms with Gasteiger partial charge in [0.2, 0.25) is 0 Å². The third kappa shape index (κ3) is 27.7. The number of hydrogen-bond acceptors (Lipinski definition) is 17. The molecule has 6 rings (SSSR count). The van der Waals surface area contributed by atoms with Gasteiger partial charge in [0.15, 0.2) is 35.3 Å². The van der Waals surface area contributed by atoms with Gasteiger partial charge in [0.1, 0.15) is 45.7 Å². The molecule has 21 N–H and O–H groups in total. The number of carbonyl (C=O) groups excluding carboxylic acids is 4. The van der Waals surface area contributed by atoms with Crippen molar-refractivity contribution in [1.29, 1.82) is 0 Å². The molecule has 0 bridgehead atoms. The number of Topliss-reactive ketones (excluding diaryl/α,β-unsaturated/α-hetero) is 2. The standard InChI is InChI=1S/C28H42N8O3.C23H34N8O.C11H22N4O4.3CH4/c1-5-6-15-22-35-23-24(18-11-7-8-12-19(18)33-25(23)29)36(22)17-10-14-21(37)20(13-9-16-32-26(30)31)34-27(38)39-28(2,3)4;1-2-3-12-19-30-20-21(15-8-4-5-10-17(15)29-22(20)25)31(19)14-7-11-18(32)16(24)9-6-13-28-23(26)27;1-11(2,3)19-10(18)15-7(8(16)17)5-4-6-14-9(12)13;;;/h7-8,11-12,20H,5-6,9-10,13-17H2,1-4H3,(H2,29,33)(H,34,38)(H4,30,31,32);4-5,8,10,16H,2-3,6-7,9,11-14,24H2,1H3,(H2,25,29)(H4,26,27,28);7H,4-6H2,1-3H3,(H,15,18)(H,16,17)(H4,12,13,14);3*1H4/t20-;16-;7-;;;/m000.../s1. The van der Waals surface area contributed by atoms with Crippen LogP contribution in [-0.4, -0.2) is 131 Å². The molecule has 0 saturated carbocycles. The second-order valence-corrected chi connectivity index (χ2v) is 23.8. The zero-order valence-corrected chi connectivity index (χ0v) is 53.7. The van der Waals surface area contributed by atoms with Gasteiger partial charge in [0.25, 0.3) is 0 Å². The van der Waals surface area contributed by atoms with Crippen LogP contribution in [0.5, 0.6) is 0 Å². The first kappa shape index (κ1) is 81.9. The Morgan fingerprint density at radius 1 is 0.538 bits per heavy atom. The van der Waals surface area contributed by atoms with E-state index < -0.39 is 47.5 Å². The molecule has 0 fully saturated rings. The highest BCUT2D eigenvalue weighted by Crippen LogP contribution is 2.32. The lowest BCUT2D eigenvalue weighted by Crippen LogP contribution is -2.43. The number of amides is 2. The first-order valence-corrected chi connectivity index (χ1v) is 30.8. The van der Waals surface area contributed by atoms with Gasteiger partial charge in [-0.25, -0.2) is 34.3 Å². The van der Waals surface area contributed by atoms with Crippen molar-refractivity contribution in [3.63, 3.8) is 0 Å². The highest BCUT2D eigenvalue weighted by atomic mass is 16.6. The summed E-state index contributed by atoms with van der Waals surface area (Å²) in [5.41, 5.74) is 54.0. The highest BCUT2D eigenvalue weighted by Gasteiger charge is 2.27. The molecule has 93 heavy (non-hydrogen) atoms. The van der Waals surface area contributed by atoms with Crippen molar-refractivity contribution in [3.05, 3.63) is 60.2 Å². The number of imidazole rings is 2. The van der Waals surface area contributed by atoms with E-state index in [2.05, 4.69) is 58.6 Å². The SMILES string of the molecule is C.C.C.CC(C)(C)OC(=O)N[C@@H](CCCN=C(N)N)C(=O)O.CCCCc1nc2c(N)nc3ccccc3c2n1CCCC(=O)[C@@H](N)CCCN=C(N)N.CCCCc1nc2c(N)nc3ccccc3c2n1CCCC(=O)[C@H](CCCN=C(N)N)NC(=O)OC(C)(C)C. The molecule has 28 heteroatoms. The first-order chi connectivity index (χ1) is 42.5. The number of carboxylic acids is 1. The summed E-state index contributed by atoms with van der Waals surface area (Å²) in [6, 6.07) is 13.6. The van der Waals surface area contributed by atoms with Crippen LogP contribution in [0.25, 0.3) is 43.9 Å². The van der Waals surface area contributed by atoms with E-state index in [4.69, 9.17) is 76.2 Å². The number of fused-ring (bicyclic) bond motifs is 6. The van der Waals surface area contributed by atoms with E-state index in [0.29, 0.717) is 101 Å². The molecule has 0 saturated heterocycles. The zero-order chi connectivity index (χ0) is 66.7. The number of aryl methyl sites for hydroxylation is 4. The van der Waals surface area contributed by atoms with Crippen molar-refractivity contribution in [2.24, 2.45) is 55.1 Å². The number of rotatable bonds is 31. The number of aliphatic imine (C=N–C) groups is 3. The van der Waals surface area contributed by atoms with E-state index in [-0.39, 0.29) is 64.6 Å². The number of nitrogens with one attached hydrogen (secondary N) is 2. The number of nitrogen functional groups attached to an aromatic ring is 2. The summed E-state index contributed by atoms with van der Waals surface area (Å²) in [5, 5.41) is 16.0. The molecule has 0 unspecified atom stereocenters. The van der Waals surface area contributed by atoms with Crippen molar-refractivity contribution >= 4 is 103 Å². The number of para-hydroxylation sites is 2. The number of aliphatic carboxylic acids is 1. The van der Waals surface area contributed by atoms with Crippen molar-refractivity contribution in [1.82, 2.24) is 39.7 Å². The van der Waals surface area contributed by atoms with E-state index in [0.717, 1.165) is 88.5 Å². The Kier molecular flexibility index (Phi) is 35.3. The average molecular weight is 1300 g/mol. The van der Waals surface area contributed by atoms with Gasteiger partial charge in [-0.15, -0.1) is 0 Å². The normalized spacial score (nSPS) is 12.0. The summed E-state index contributed by atoms with van der Waals surface area (Å²) < 4.78 is 14.7. The number of aromatic nitrogens is 6. The predicted octanol–water partition coefficient (Wildman–Crippen LogP) is 7.97. The van der Waals surface area contributed by atoms with Crippen molar-refractivity contribution in [3.8, 4) is 0 Å². The molecule has 518 valence electrons. The smallest absolute Gasteiger partial charge is 0.408 e. The van der Waals surface area contributed by atoms with Crippen LogP contribution in [0.2, 0.25) is 0 Å². The van der Waals surface area contributed by atoms with Crippen LogP contribution in [0.4, 0.5) is 21.2 Å². The third-order valence-electron chi connectivity index (χ3n) is 13.8. The molecule has 0 aliphatic carbocycles. The summed E-state index contributed by atoms with van der Waals surface area (Å²) in [7, 11) is 0. The zero-order valence-electron chi connectivity index (χ0n) is 53.7. The minimum atomic E-state index is -1.13. The summed E-state index contributed by atoms with van der Waals surface area (Å²) in [5.74, 6) is 1.62. The molecular formula is C65H110N20O8. The number of carboxylic acid groups (broad SMARTS) is 1. The van der Waals surface area contributed by atoms with E-state index in [1.165, 1.54) is 0 Å². The largest absolute Gasteiger partial charge is 0.480 e. The van der Waals surface area contributed by atoms with Crippen LogP contribution in [0.1, 0.15) is 179 Å². The Morgan fingerprint density at radius 2 is 0.903 bits per heavy atom. The molecular weight excluding hydrogens is 1190 g/mol. The number of guanidine groups is 3. The summed E-state index contributed by atoms with van der Waals surface area (Å²) in [6.45, 7) is 17.1. The molecule has 4 heterocycles. The number of alkyl carbamates (subject to hydrolysis) is 2. The molecule has 0 aliphatic heterocycles. The number of hydrogen-bond donors (Lipinski definition) is 12. The average Bonchev–Trinajstić information content (AvgIpc) is 1.64. The molecule has 0 radical (unpaired) electrons. The van der Waals surface area contributed by atoms with Crippen LogP contribution < -0.4 is 62.2 Å². The molecule has 0 spiro atoms. The Balaban J connectivity index is 0.000000725. The molecule has 6 aromatic rings. The maximum absolute atomic E-state index is 13.3. The summed E-state index contributed by atoms with van der Waals surface area (Å²) in [4.78, 5) is 91.0. The second-order valence-electron chi connectivity index (χ2n) is 23.8. The van der Waals surface area contributed by atoms with Gasteiger partial charge in [-0.1, -0.05) is 85.4 Å². The number of carbonyl (C=O) groups is 5. The minimum Gasteiger partial charge on any atom is -0.480 e. The number of nitrogens with zero attached hydrogens (tertiary/aromatic N) is 9. The van der Waals surface area contributed by atoms with Crippen LogP contribution in [0.15, 0.2) is 63.5 Å². The Bertz CT molecular complexity index is 3430. The lowest BCUT2D eigenvalue weighted by molar-refractivity contribution is -0.139. The number of ketones is 2. The molecule has 2 aromatic carbocycles. The maximum atomic E-state index is 13.3. The fourth-order valence-corrected chi connectivity index (χ4v) is 9.68. The lowest BCUT2D eigenvalue weighted by Gasteiger charge is -2.23. The van der Waals surface area contributed by atoms with E-state index in [1.807, 2.05) is 48.5 Å². The van der Waals surface area contributed by atoms with Gasteiger partial charge in [-0.3, -0.25) is 24.6 Å². The van der Waals surface area contributed by atoms with Gasteiger partial charge in [0, 0.05) is 69.2 Å². The molecule has 28 nitrogen and oxygen atoms in total. The number of unbranched alkanes of at least 4 members (excludes halogenated alkanes) is 2. The summed E-state index contributed by atoms with van der Waals surface area (Å²) >= 11 is 0. The van der Waals surface area contributed by atoms with Gasteiger partial charge >= 0.3 is 18.2 Å². The molecule has 3 atom stereocenters. The van der Waals surface area contributed by atoms with Gasteiger partial charge in [0.05, 0.1) is 34.2 Å². The van der Waals surface area contributed by atoms with Gasteiger partial charge < -0.3 is 86.0 Å². The van der Waals surface area contributed by atoms with E-state index in [1.54, 1.807) is 41.5 Å². The lowest BCUT2D eigenvalue weighted by atomic mass is 10.0. The van der Waals surface area contributed by atoms with Crippen molar-refractivity contribution in [2.45, 2.75) is 223 Å². The third-order valence-corrected chi connectivity index (χ3v) is 13.8. The second kappa shape index (κ2) is 40.0. The highest BCUT2D eigenvalue weighted by molar-refractivity contribution is 6.07. The quantitative estimate of drug-likeness (QED) is 0.0111. The van der Waals surface area contributed by atoms with Crippen LogP contribution in [0.3, 0.4) is 0 Å². The molecule has 2 amide bonds. The fourth-order valence-electron chi connectivity index (χ4n) is 9.68. The van der Waals surface area contributed by atoms with E-state index >= 15 is 0 Å². The maximum Gasteiger partial charge on any atom is 0.408 e. The minimum absolute atomic E-state index is 0. The van der Waals surface area contributed by atoms with E-state index in [9.17, 15) is 24.0 Å². The van der Waals surface area contributed by atoms with Gasteiger partial charge in [-0.2, -0.15) is 0 Å². The number of nitrogens with two attached hydrogens (primary N) is 9. The Labute approximate surface area is 548 Å². The number of benzene rings is 2. The number of anilines is 2. The topological polar surface area (TPSA) is 481 Å². The van der Waals surface area contributed by atoms with Crippen molar-refractivity contribution < 1.29 is 38.6 Å². The van der Waals surface area contributed by atoms with Crippen LogP contribution >= 0.6 is 0 Å². The number of ether oxygens (including phenoxy) is 2. The first-order valence-electron chi connectivity index (χ1n) is 30.8. The predicted molar refractivity (Wildman–Crippen MR) is 376 cm³/mol. The fraction of sp³-hybridized carbons (Fsp3) is 0.569. The Morgan fingerprint density at radius 3 is 1.28 bits per heavy atom. The van der Waals surface area contributed by atoms with Gasteiger partial charge in [-0.05, 0) is 118 Å². The van der Waals surface area contributed by atoms with Crippen LogP contribution in [-0.2, 0) is 49.8 Å². The summed E-state index contributed by atoms with van der Waals surface area (Å²) in [6.07, 6.45) is 9.18.